The molecule has 0 amide bonds. The third kappa shape index (κ3) is 5.06. The predicted molar refractivity (Wildman–Crippen MR) is 130 cm³/mol. The first kappa shape index (κ1) is 22.5. The van der Waals surface area contributed by atoms with Crippen LogP contribution in [0.25, 0.3) is 16.7 Å². The Morgan fingerprint density at radius 1 is 1.18 bits per heavy atom. The second-order valence-corrected chi connectivity index (χ2v) is 7.62. The number of nitrogens with zero attached hydrogens (tertiary/aromatic N) is 3. The number of benzene rings is 1. The van der Waals surface area contributed by atoms with E-state index in [9.17, 15) is 4.79 Å². The third-order valence-electron chi connectivity index (χ3n) is 5.49. The van der Waals surface area contributed by atoms with E-state index in [0.717, 1.165) is 17.0 Å². The molecule has 8 nitrogen and oxygen atoms in total. The van der Waals surface area contributed by atoms with Crippen LogP contribution in [0.15, 0.2) is 58.8 Å². The van der Waals surface area contributed by atoms with Gasteiger partial charge in [0.05, 0.1) is 13.2 Å². The molecule has 0 radical (unpaired) electrons. The van der Waals surface area contributed by atoms with Gasteiger partial charge in [-0.1, -0.05) is 43.3 Å². The zero-order chi connectivity index (χ0) is 23.2. The van der Waals surface area contributed by atoms with E-state index in [1.54, 1.807) is 6.07 Å². The fourth-order valence-corrected chi connectivity index (χ4v) is 3.68. The van der Waals surface area contributed by atoms with Crippen molar-refractivity contribution >= 4 is 34.2 Å². The summed E-state index contributed by atoms with van der Waals surface area (Å²) in [5.74, 6) is 2.06. The number of nitrogens with one attached hydrogen (secondary N) is 2. The van der Waals surface area contributed by atoms with E-state index in [1.807, 2.05) is 45.2 Å². The first-order valence-electron chi connectivity index (χ1n) is 11.2. The van der Waals surface area contributed by atoms with E-state index in [-0.39, 0.29) is 5.78 Å². The molecule has 2 N–H and O–H groups in total. The van der Waals surface area contributed by atoms with Crippen LogP contribution in [0.5, 0.6) is 0 Å². The smallest absolute Gasteiger partial charge is 0.231 e. The van der Waals surface area contributed by atoms with Crippen molar-refractivity contribution in [2.45, 2.75) is 20.3 Å². The molecule has 0 unspecified atom stereocenters. The molecule has 0 aliphatic carbocycles. The fourth-order valence-electron chi connectivity index (χ4n) is 3.68. The third-order valence-corrected chi connectivity index (χ3v) is 5.49. The highest BCUT2D eigenvalue weighted by atomic mass is 16.5. The van der Waals surface area contributed by atoms with Crippen molar-refractivity contribution in [2.24, 2.45) is 0 Å². The molecule has 0 spiro atoms. The molecule has 4 rings (SSSR count). The lowest BCUT2D eigenvalue weighted by atomic mass is 10.1. The summed E-state index contributed by atoms with van der Waals surface area (Å²) in [4.78, 5) is 23.8. The van der Waals surface area contributed by atoms with Crippen molar-refractivity contribution in [2.75, 3.05) is 43.6 Å². The van der Waals surface area contributed by atoms with Crippen molar-refractivity contribution in [3.8, 4) is 0 Å². The summed E-state index contributed by atoms with van der Waals surface area (Å²) in [5, 5.41) is 6.47. The number of fused-ring (bicyclic) bond motifs is 1. The van der Waals surface area contributed by atoms with Gasteiger partial charge in [-0.3, -0.25) is 4.79 Å². The van der Waals surface area contributed by atoms with Crippen LogP contribution in [0.2, 0.25) is 0 Å². The van der Waals surface area contributed by atoms with Gasteiger partial charge in [0.15, 0.2) is 22.9 Å². The van der Waals surface area contributed by atoms with Crippen LogP contribution in [-0.2, 0) is 4.74 Å². The van der Waals surface area contributed by atoms with Gasteiger partial charge in [0, 0.05) is 32.6 Å². The van der Waals surface area contributed by atoms with E-state index in [1.165, 1.54) is 0 Å². The molecule has 1 fully saturated rings. The van der Waals surface area contributed by atoms with Gasteiger partial charge in [-0.05, 0) is 24.1 Å². The summed E-state index contributed by atoms with van der Waals surface area (Å²) in [5.41, 5.74) is 3.28. The Morgan fingerprint density at radius 2 is 1.94 bits per heavy atom. The fraction of sp³-hybridized carbons (Fsp3) is 0.320. The van der Waals surface area contributed by atoms with Crippen LogP contribution in [0.3, 0.4) is 0 Å². The maximum atomic E-state index is 12.3. The van der Waals surface area contributed by atoms with Crippen molar-refractivity contribution in [1.82, 2.24) is 15.3 Å². The summed E-state index contributed by atoms with van der Waals surface area (Å²) in [6.07, 6.45) is 4.43. The van der Waals surface area contributed by atoms with E-state index in [2.05, 4.69) is 38.7 Å². The number of ketones is 1. The number of carbonyl (C=O) groups is 1. The van der Waals surface area contributed by atoms with Gasteiger partial charge in [0.25, 0.3) is 0 Å². The topological polar surface area (TPSA) is 92.5 Å². The monoisotopic (exact) mass is 447 g/mol. The lowest BCUT2D eigenvalue weighted by Crippen LogP contribution is -2.37. The minimum absolute atomic E-state index is 0.0631. The number of morpholine rings is 1. The zero-order valence-corrected chi connectivity index (χ0v) is 19.2. The van der Waals surface area contributed by atoms with Crippen LogP contribution < -0.4 is 15.5 Å². The number of Topliss-reactive ketones (excluding diaryl/α,β-unsaturated/α-hetero) is 1. The summed E-state index contributed by atoms with van der Waals surface area (Å²) in [6.45, 7) is 6.41. The molecule has 1 saturated heterocycles. The van der Waals surface area contributed by atoms with Crippen LogP contribution in [0.4, 0.5) is 11.8 Å². The van der Waals surface area contributed by atoms with Crippen LogP contribution >= 0.6 is 0 Å². The Labute approximate surface area is 193 Å². The van der Waals surface area contributed by atoms with E-state index in [0.29, 0.717) is 61.4 Å². The lowest BCUT2D eigenvalue weighted by Gasteiger charge is -2.27. The highest BCUT2D eigenvalue weighted by Crippen LogP contribution is 2.30. The molecule has 172 valence electrons. The largest absolute Gasteiger partial charge is 0.447 e. The summed E-state index contributed by atoms with van der Waals surface area (Å²) in [6, 6.07) is 11.8. The van der Waals surface area contributed by atoms with Gasteiger partial charge < -0.3 is 24.7 Å². The Morgan fingerprint density at radius 3 is 2.61 bits per heavy atom. The van der Waals surface area contributed by atoms with Crippen molar-refractivity contribution < 1.29 is 13.9 Å². The molecule has 0 bridgehead atoms. The first-order chi connectivity index (χ1) is 16.1. The second-order valence-electron chi connectivity index (χ2n) is 7.62. The molecule has 0 atom stereocenters. The Balaban J connectivity index is 1.72. The van der Waals surface area contributed by atoms with Crippen LogP contribution in [-0.4, -0.2) is 49.1 Å². The Bertz CT molecular complexity index is 1180. The first-order valence-corrected chi connectivity index (χ1v) is 11.2. The molecule has 33 heavy (non-hydrogen) atoms. The zero-order valence-electron chi connectivity index (χ0n) is 19.2. The van der Waals surface area contributed by atoms with E-state index >= 15 is 0 Å². The normalized spacial score (nSPS) is 15.1. The van der Waals surface area contributed by atoms with Gasteiger partial charge in [-0.2, -0.15) is 4.98 Å². The number of rotatable bonds is 8. The van der Waals surface area contributed by atoms with Gasteiger partial charge in [0.2, 0.25) is 5.95 Å². The SMILES string of the molecule is C/C=C(\C=C(/NC)Nc1nc(N2CCOCC2)c2oc(C(=O)CC)cc2n1)c1ccccc1. The maximum Gasteiger partial charge on any atom is 0.231 e. The van der Waals surface area contributed by atoms with E-state index < -0.39 is 0 Å². The molecule has 8 heteroatoms. The quantitative estimate of drug-likeness (QED) is 0.392. The molecule has 1 aromatic carbocycles. The molecule has 1 aliphatic heterocycles. The summed E-state index contributed by atoms with van der Waals surface area (Å²) < 4.78 is 11.4. The van der Waals surface area contributed by atoms with Crippen LogP contribution in [0.1, 0.15) is 36.4 Å². The Hall–Kier alpha value is -3.65. The number of hydrogen-bond acceptors (Lipinski definition) is 8. The number of furan rings is 1. The number of aromatic nitrogens is 2. The highest BCUT2D eigenvalue weighted by molar-refractivity contribution is 5.98. The standard InChI is InChI=1S/C25H29N5O3/c1-4-17(18-9-7-6-8-10-18)15-22(26-3)28-25-27-19-16-21(20(31)5-2)33-23(19)24(29-25)30-11-13-32-14-12-30/h4,6-10,15-16,26H,5,11-14H2,1-3H3,(H,27,28,29)/b17-4+,22-15+. The highest BCUT2D eigenvalue weighted by Gasteiger charge is 2.22. The van der Waals surface area contributed by atoms with Crippen molar-refractivity contribution in [1.29, 1.82) is 0 Å². The molecular weight excluding hydrogens is 418 g/mol. The lowest BCUT2D eigenvalue weighted by molar-refractivity contribution is 0.0963. The van der Waals surface area contributed by atoms with Gasteiger partial charge in [-0.15, -0.1) is 0 Å². The molecule has 1 aliphatic rings. The number of ether oxygens (including phenoxy) is 1. The number of anilines is 2. The number of allylic oxidation sites excluding steroid dienone is 3. The van der Waals surface area contributed by atoms with E-state index in [4.69, 9.17) is 14.1 Å². The van der Waals surface area contributed by atoms with Gasteiger partial charge in [0.1, 0.15) is 11.3 Å². The molecule has 3 heterocycles. The molecule has 3 aromatic rings. The molecule has 2 aromatic heterocycles. The Kier molecular flexibility index (Phi) is 7.04. The van der Waals surface area contributed by atoms with Gasteiger partial charge >= 0.3 is 0 Å². The summed E-state index contributed by atoms with van der Waals surface area (Å²) >= 11 is 0. The second kappa shape index (κ2) is 10.3. The van der Waals surface area contributed by atoms with Crippen molar-refractivity contribution in [3.63, 3.8) is 0 Å². The minimum Gasteiger partial charge on any atom is -0.447 e. The minimum atomic E-state index is -0.0631. The number of carbonyl (C=O) groups excluding carboxylic acids is 1. The van der Waals surface area contributed by atoms with Crippen LogP contribution in [0, 0.1) is 0 Å². The predicted octanol–water partition coefficient (Wildman–Crippen LogP) is 4.23. The average molecular weight is 448 g/mol. The average Bonchev–Trinajstić information content (AvgIpc) is 3.30. The van der Waals surface area contributed by atoms with Gasteiger partial charge in [-0.25, -0.2) is 4.98 Å². The summed E-state index contributed by atoms with van der Waals surface area (Å²) in [7, 11) is 1.84. The molecular formula is C25H29N5O3. The molecule has 0 saturated carbocycles. The maximum absolute atomic E-state index is 12.3. The van der Waals surface area contributed by atoms with Crippen molar-refractivity contribution in [3.05, 3.63) is 65.7 Å². The number of hydrogen-bond donors (Lipinski definition) is 2.